The number of hydrogen-bond donors (Lipinski definition) is 2. The van der Waals surface area contributed by atoms with Gasteiger partial charge in [0.15, 0.2) is 0 Å². The molecule has 1 amide bonds. The van der Waals surface area contributed by atoms with Crippen molar-refractivity contribution in [2.45, 2.75) is 6.92 Å². The predicted octanol–water partition coefficient (Wildman–Crippen LogP) is 3.88. The Labute approximate surface area is 126 Å². The summed E-state index contributed by atoms with van der Waals surface area (Å²) in [7, 11) is 1.55. The van der Waals surface area contributed by atoms with Gasteiger partial charge in [-0.1, -0.05) is 12.1 Å². The number of hydrogen-bond acceptors (Lipinski definition) is 2. The highest BCUT2D eigenvalue weighted by molar-refractivity contribution is 6.14. The second-order valence-electron chi connectivity index (χ2n) is 4.97. The fraction of sp³-hybridized carbons (Fsp3) is 0.118. The molecule has 5 heteroatoms. The summed E-state index contributed by atoms with van der Waals surface area (Å²) in [5.41, 5.74) is 2.38. The quantitative estimate of drug-likeness (QED) is 0.771. The van der Waals surface area contributed by atoms with Gasteiger partial charge in [-0.2, -0.15) is 0 Å². The smallest absolute Gasteiger partial charge is 0.258 e. The van der Waals surface area contributed by atoms with Gasteiger partial charge in [-0.25, -0.2) is 4.39 Å². The molecule has 0 aliphatic heterocycles. The number of methoxy groups -OCH3 is 1. The molecule has 0 fully saturated rings. The number of aromatic nitrogens is 1. The van der Waals surface area contributed by atoms with Gasteiger partial charge in [-0.3, -0.25) is 4.79 Å². The van der Waals surface area contributed by atoms with E-state index in [2.05, 4.69) is 10.3 Å². The minimum Gasteiger partial charge on any atom is -0.495 e. The molecule has 0 atom stereocenters. The van der Waals surface area contributed by atoms with Crippen LogP contribution in [0.2, 0.25) is 0 Å². The number of benzene rings is 2. The zero-order valence-electron chi connectivity index (χ0n) is 12.2. The minimum absolute atomic E-state index is 0.264. The minimum atomic E-state index is -0.342. The maximum Gasteiger partial charge on any atom is 0.258 e. The SMILES string of the molecule is COc1ccccc1NC(=O)c1c(C)[nH]c2cc(F)ccc12. The number of nitrogens with one attached hydrogen (secondary N) is 2. The summed E-state index contributed by atoms with van der Waals surface area (Å²) in [4.78, 5) is 15.6. The van der Waals surface area contributed by atoms with Gasteiger partial charge in [0, 0.05) is 16.6 Å². The average Bonchev–Trinajstić information content (AvgIpc) is 2.82. The fourth-order valence-electron chi connectivity index (χ4n) is 2.53. The first-order valence-electron chi connectivity index (χ1n) is 6.82. The van der Waals surface area contributed by atoms with Crippen molar-refractivity contribution in [1.82, 2.24) is 4.98 Å². The maximum absolute atomic E-state index is 13.3. The van der Waals surface area contributed by atoms with E-state index in [1.807, 2.05) is 12.1 Å². The largest absolute Gasteiger partial charge is 0.495 e. The summed E-state index contributed by atoms with van der Waals surface area (Å²) in [6.45, 7) is 1.79. The number of fused-ring (bicyclic) bond motifs is 1. The van der Waals surface area contributed by atoms with Crippen molar-refractivity contribution < 1.29 is 13.9 Å². The highest BCUT2D eigenvalue weighted by atomic mass is 19.1. The van der Waals surface area contributed by atoms with Crippen molar-refractivity contribution in [3.05, 3.63) is 59.5 Å². The van der Waals surface area contributed by atoms with E-state index in [-0.39, 0.29) is 11.7 Å². The number of carbonyl (C=O) groups excluding carboxylic acids is 1. The normalized spacial score (nSPS) is 10.7. The third-order valence-electron chi connectivity index (χ3n) is 3.53. The van der Waals surface area contributed by atoms with Crippen LogP contribution in [0.25, 0.3) is 10.9 Å². The van der Waals surface area contributed by atoms with Crippen LogP contribution in [0.1, 0.15) is 16.1 Å². The number of ether oxygens (including phenoxy) is 1. The Morgan fingerprint density at radius 1 is 1.23 bits per heavy atom. The summed E-state index contributed by atoms with van der Waals surface area (Å²) in [5.74, 6) is -0.0234. The van der Waals surface area contributed by atoms with Crippen LogP contribution in [0.4, 0.5) is 10.1 Å². The number of H-pyrrole nitrogens is 1. The van der Waals surface area contributed by atoms with Crippen LogP contribution in [-0.4, -0.2) is 18.0 Å². The van der Waals surface area contributed by atoms with Crippen molar-refractivity contribution in [2.75, 3.05) is 12.4 Å². The number of para-hydroxylation sites is 2. The Morgan fingerprint density at radius 3 is 2.77 bits per heavy atom. The molecule has 3 rings (SSSR count). The van der Waals surface area contributed by atoms with Crippen molar-refractivity contribution in [2.24, 2.45) is 0 Å². The number of carbonyl (C=O) groups is 1. The van der Waals surface area contributed by atoms with Gasteiger partial charge < -0.3 is 15.0 Å². The molecule has 2 aromatic carbocycles. The van der Waals surface area contributed by atoms with Gasteiger partial charge in [0.2, 0.25) is 0 Å². The van der Waals surface area contributed by atoms with E-state index in [1.54, 1.807) is 32.2 Å². The monoisotopic (exact) mass is 298 g/mol. The molecule has 0 bridgehead atoms. The summed E-state index contributed by atoms with van der Waals surface area (Å²) in [6, 6.07) is 11.5. The molecule has 0 aliphatic rings. The number of anilines is 1. The number of aryl methyl sites for hydroxylation is 1. The van der Waals surface area contributed by atoms with Gasteiger partial charge in [0.1, 0.15) is 11.6 Å². The van der Waals surface area contributed by atoms with Crippen LogP contribution >= 0.6 is 0 Å². The standard InChI is InChI=1S/C17H15FN2O2/c1-10-16(12-8-7-11(18)9-14(12)19-10)17(21)20-13-5-3-4-6-15(13)22-2/h3-9,19H,1-2H3,(H,20,21). The lowest BCUT2D eigenvalue weighted by Gasteiger charge is -2.10. The van der Waals surface area contributed by atoms with Crippen LogP contribution < -0.4 is 10.1 Å². The van der Waals surface area contributed by atoms with E-state index in [1.165, 1.54) is 12.1 Å². The first kappa shape index (κ1) is 14.1. The summed E-state index contributed by atoms with van der Waals surface area (Å²) >= 11 is 0. The van der Waals surface area contributed by atoms with Crippen LogP contribution in [0.5, 0.6) is 5.75 Å². The molecule has 22 heavy (non-hydrogen) atoms. The molecule has 0 saturated heterocycles. The Kier molecular flexibility index (Phi) is 3.55. The van der Waals surface area contributed by atoms with E-state index in [4.69, 9.17) is 4.74 Å². The highest BCUT2D eigenvalue weighted by Gasteiger charge is 2.17. The molecular formula is C17H15FN2O2. The van der Waals surface area contributed by atoms with Crippen molar-refractivity contribution >= 4 is 22.5 Å². The Hall–Kier alpha value is -2.82. The Balaban J connectivity index is 2.00. The maximum atomic E-state index is 13.3. The van der Waals surface area contributed by atoms with Crippen molar-refractivity contribution in [1.29, 1.82) is 0 Å². The number of rotatable bonds is 3. The lowest BCUT2D eigenvalue weighted by Crippen LogP contribution is -2.13. The molecule has 0 spiro atoms. The van der Waals surface area contributed by atoms with E-state index < -0.39 is 0 Å². The van der Waals surface area contributed by atoms with E-state index >= 15 is 0 Å². The van der Waals surface area contributed by atoms with Gasteiger partial charge in [0.05, 0.1) is 18.4 Å². The topological polar surface area (TPSA) is 54.1 Å². The predicted molar refractivity (Wildman–Crippen MR) is 83.9 cm³/mol. The third kappa shape index (κ3) is 2.41. The van der Waals surface area contributed by atoms with Gasteiger partial charge in [0.25, 0.3) is 5.91 Å². The first-order valence-corrected chi connectivity index (χ1v) is 6.82. The summed E-state index contributed by atoms with van der Waals surface area (Å²) in [5, 5.41) is 3.52. The molecule has 4 nitrogen and oxygen atoms in total. The summed E-state index contributed by atoms with van der Waals surface area (Å²) < 4.78 is 18.5. The van der Waals surface area contributed by atoms with E-state index in [9.17, 15) is 9.18 Å². The zero-order valence-corrected chi connectivity index (χ0v) is 12.2. The molecule has 2 N–H and O–H groups in total. The molecule has 1 aromatic heterocycles. The average molecular weight is 298 g/mol. The molecule has 0 unspecified atom stereocenters. The fourth-order valence-corrected chi connectivity index (χ4v) is 2.53. The lowest BCUT2D eigenvalue weighted by atomic mass is 10.1. The molecule has 3 aromatic rings. The Bertz CT molecular complexity index is 855. The van der Waals surface area contributed by atoms with Crippen LogP contribution in [-0.2, 0) is 0 Å². The van der Waals surface area contributed by atoms with Gasteiger partial charge >= 0.3 is 0 Å². The Morgan fingerprint density at radius 2 is 2.00 bits per heavy atom. The molecular weight excluding hydrogens is 283 g/mol. The lowest BCUT2D eigenvalue weighted by molar-refractivity contribution is 0.102. The zero-order chi connectivity index (χ0) is 15.7. The van der Waals surface area contributed by atoms with Gasteiger partial charge in [-0.15, -0.1) is 0 Å². The highest BCUT2D eigenvalue weighted by Crippen LogP contribution is 2.27. The number of aromatic amines is 1. The molecule has 0 radical (unpaired) electrons. The van der Waals surface area contributed by atoms with E-state index in [0.29, 0.717) is 33.6 Å². The van der Waals surface area contributed by atoms with Crippen LogP contribution in [0, 0.1) is 12.7 Å². The molecule has 1 heterocycles. The van der Waals surface area contributed by atoms with E-state index in [0.717, 1.165) is 0 Å². The third-order valence-corrected chi connectivity index (χ3v) is 3.53. The summed E-state index contributed by atoms with van der Waals surface area (Å²) in [6.07, 6.45) is 0. The number of halogens is 1. The van der Waals surface area contributed by atoms with Crippen molar-refractivity contribution in [3.8, 4) is 5.75 Å². The second kappa shape index (κ2) is 5.52. The molecule has 0 aliphatic carbocycles. The molecule has 0 saturated carbocycles. The van der Waals surface area contributed by atoms with Crippen LogP contribution in [0.3, 0.4) is 0 Å². The number of amides is 1. The van der Waals surface area contributed by atoms with Crippen molar-refractivity contribution in [3.63, 3.8) is 0 Å². The van der Waals surface area contributed by atoms with Gasteiger partial charge in [-0.05, 0) is 37.3 Å². The molecule has 112 valence electrons. The van der Waals surface area contributed by atoms with Crippen LogP contribution in [0.15, 0.2) is 42.5 Å². The first-order chi connectivity index (χ1) is 10.6. The second-order valence-corrected chi connectivity index (χ2v) is 4.97.